The Kier molecular flexibility index (Phi) is 20.6. The molecule has 43 heavy (non-hydrogen) atoms. The summed E-state index contributed by atoms with van der Waals surface area (Å²) in [7, 11) is -7.85. The summed E-state index contributed by atoms with van der Waals surface area (Å²) in [5.74, 6) is -2.52. The molecule has 1 fully saturated rings. The third-order valence-electron chi connectivity index (χ3n) is 4.35. The third kappa shape index (κ3) is 17.6. The van der Waals surface area contributed by atoms with Gasteiger partial charge in [-0.2, -0.15) is 0 Å². The molecule has 0 aliphatic carbocycles. The summed E-state index contributed by atoms with van der Waals surface area (Å²) in [5, 5.41) is 8.90. The third-order valence-corrected chi connectivity index (χ3v) is 6.54. The van der Waals surface area contributed by atoms with Gasteiger partial charge in [0, 0.05) is 84.7 Å². The van der Waals surface area contributed by atoms with Crippen molar-refractivity contribution in [3.63, 3.8) is 0 Å². The molecule has 0 spiro atoms. The van der Waals surface area contributed by atoms with E-state index in [0.717, 1.165) is 0 Å². The molecule has 1 saturated heterocycles. The standard InChI is InChI=1S/C10H11O4P.C6H9O6P.C6H11O4P.2CH4.CH3.Y/c1-15(2,12)14-10-8-6-4-3-5-7(8)9(11)13-10;1-13(2,9)10-3-4-5(7)12-6(8)11-4;1-11(2,8)10-6-4-3-5(7)9-6;;;;/h3-6,10H,1-2H3;7H,3H2,1-2H3;6H,3-4H2,1-2H3;2*1H4;1H3;/q;;;;;-1;. The zero-order chi connectivity index (χ0) is 29.6. The molecule has 0 amide bonds. The topological polar surface area (TPSA) is 195 Å². The molecular formula is C25H42O14P3Y-. The van der Waals surface area contributed by atoms with E-state index in [-0.39, 0.29) is 73.3 Å². The van der Waals surface area contributed by atoms with Gasteiger partial charge in [0.1, 0.15) is 6.61 Å². The van der Waals surface area contributed by atoms with Crippen molar-refractivity contribution in [2.45, 2.75) is 46.9 Å². The average Bonchev–Trinajstić information content (AvgIpc) is 3.42. The Morgan fingerprint density at radius 3 is 1.86 bits per heavy atom. The maximum atomic E-state index is 11.5. The van der Waals surface area contributed by atoms with Crippen LogP contribution in [-0.2, 0) is 80.9 Å². The molecule has 2 aromatic rings. The molecule has 3 heterocycles. The minimum Gasteiger partial charge on any atom is -0.478 e. The van der Waals surface area contributed by atoms with Crippen LogP contribution in [0.3, 0.4) is 0 Å². The summed E-state index contributed by atoms with van der Waals surface area (Å²) in [4.78, 5) is 32.3. The second-order valence-electron chi connectivity index (χ2n) is 9.21. The maximum absolute atomic E-state index is 11.5. The summed E-state index contributed by atoms with van der Waals surface area (Å²) in [6.07, 6.45) is -0.521. The Labute approximate surface area is 277 Å². The SMILES string of the molecule is C.C.CP(C)(=O)OC1CCC(=O)O1.CP(C)(=O)OC1OC(=O)c2ccccc21.CP(C)(=O)OCc1oc(=O)oc1O.[CH3-].[Y]. The molecular weight excluding hydrogens is 706 g/mol. The summed E-state index contributed by atoms with van der Waals surface area (Å²) >= 11 is 0. The molecule has 0 saturated carbocycles. The first-order valence-electron chi connectivity index (χ1n) is 11.3. The Morgan fingerprint density at radius 1 is 0.860 bits per heavy atom. The summed E-state index contributed by atoms with van der Waals surface area (Å²) in [6, 6.07) is 6.94. The number of hydrogen-bond donors (Lipinski definition) is 1. The van der Waals surface area contributed by atoms with Crippen LogP contribution in [0.2, 0.25) is 0 Å². The quantitative estimate of drug-likeness (QED) is 0.187. The van der Waals surface area contributed by atoms with Crippen LogP contribution in [0.25, 0.3) is 0 Å². The first-order valence-corrected chi connectivity index (χ1v) is 18.9. The predicted octanol–water partition coefficient (Wildman–Crippen LogP) is 6.33. The molecule has 2 aliphatic rings. The Balaban J connectivity index is -0.000000539. The molecule has 4 rings (SSSR count). The summed E-state index contributed by atoms with van der Waals surface area (Å²) < 4.78 is 66.8. The van der Waals surface area contributed by atoms with E-state index in [4.69, 9.17) is 28.2 Å². The largest absolute Gasteiger partial charge is 0.521 e. The number of hydrogen-bond acceptors (Lipinski definition) is 14. The fourth-order valence-corrected chi connectivity index (χ4v) is 4.65. The number of rotatable bonds is 7. The van der Waals surface area contributed by atoms with Crippen LogP contribution >= 0.6 is 22.1 Å². The molecule has 14 nitrogen and oxygen atoms in total. The van der Waals surface area contributed by atoms with Gasteiger partial charge in [0.15, 0.2) is 14.7 Å². The van der Waals surface area contributed by atoms with Crippen LogP contribution in [0, 0.1) is 7.43 Å². The molecule has 18 heteroatoms. The second kappa shape index (κ2) is 19.2. The van der Waals surface area contributed by atoms with Crippen molar-refractivity contribution in [1.82, 2.24) is 0 Å². The van der Waals surface area contributed by atoms with Crippen molar-refractivity contribution in [2.24, 2.45) is 0 Å². The van der Waals surface area contributed by atoms with E-state index in [9.17, 15) is 28.1 Å². The van der Waals surface area contributed by atoms with Crippen molar-refractivity contribution in [1.29, 1.82) is 0 Å². The van der Waals surface area contributed by atoms with E-state index in [1.807, 2.05) is 0 Å². The van der Waals surface area contributed by atoms with Gasteiger partial charge in [-0.1, -0.05) is 33.1 Å². The number of aromatic hydroxyl groups is 1. The Bertz CT molecular complexity index is 1370. The number of benzene rings is 1. The van der Waals surface area contributed by atoms with Gasteiger partial charge in [-0.15, -0.1) is 0 Å². The van der Waals surface area contributed by atoms with Gasteiger partial charge in [0.05, 0.1) is 12.0 Å². The first-order chi connectivity index (χ1) is 17.8. The van der Waals surface area contributed by atoms with Crippen LogP contribution < -0.4 is 5.82 Å². The van der Waals surface area contributed by atoms with Gasteiger partial charge in [0.2, 0.25) is 25.7 Å². The van der Waals surface area contributed by atoms with E-state index < -0.39 is 52.4 Å². The van der Waals surface area contributed by atoms with Crippen molar-refractivity contribution in [3.05, 3.63) is 59.2 Å². The second-order valence-corrected chi connectivity index (χ2v) is 17.4. The summed E-state index contributed by atoms with van der Waals surface area (Å²) in [5.41, 5.74) is 1.13. The van der Waals surface area contributed by atoms with E-state index in [2.05, 4.69) is 8.83 Å². The maximum Gasteiger partial charge on any atom is 0.521 e. The van der Waals surface area contributed by atoms with Crippen molar-refractivity contribution >= 4 is 34.0 Å². The minimum atomic E-state index is -2.67. The van der Waals surface area contributed by atoms with Crippen LogP contribution in [0.1, 0.15) is 55.7 Å². The number of cyclic esters (lactones) is 2. The number of carbonyl (C=O) groups excluding carboxylic acids is 2. The molecule has 1 N–H and O–H groups in total. The number of ether oxygens (including phenoxy) is 2. The smallest absolute Gasteiger partial charge is 0.478 e. The van der Waals surface area contributed by atoms with Gasteiger partial charge >= 0.3 is 23.7 Å². The van der Waals surface area contributed by atoms with Gasteiger partial charge < -0.3 is 35.4 Å². The van der Waals surface area contributed by atoms with Crippen LogP contribution in [0.5, 0.6) is 5.95 Å². The van der Waals surface area contributed by atoms with Crippen molar-refractivity contribution in [2.75, 3.05) is 40.0 Å². The van der Waals surface area contributed by atoms with Crippen LogP contribution in [0.4, 0.5) is 0 Å². The van der Waals surface area contributed by atoms with Gasteiger partial charge in [-0.3, -0.25) is 27.5 Å². The minimum absolute atomic E-state index is 0. The van der Waals surface area contributed by atoms with Gasteiger partial charge in [-0.05, 0) is 6.07 Å². The summed E-state index contributed by atoms with van der Waals surface area (Å²) in [6.45, 7) is 8.54. The normalized spacial score (nSPS) is 17.0. The fraction of sp³-hybridized carbons (Fsp3) is 0.520. The van der Waals surface area contributed by atoms with E-state index in [1.54, 1.807) is 24.3 Å². The molecule has 2 atom stereocenters. The van der Waals surface area contributed by atoms with Crippen molar-refractivity contribution < 1.29 is 93.0 Å². The van der Waals surface area contributed by atoms with E-state index in [1.165, 1.54) is 40.0 Å². The fourth-order valence-electron chi connectivity index (χ4n) is 2.89. The zero-order valence-corrected chi connectivity index (χ0v) is 29.3. The van der Waals surface area contributed by atoms with Gasteiger partial charge in [0.25, 0.3) is 0 Å². The number of carbonyl (C=O) groups is 2. The van der Waals surface area contributed by atoms with Crippen molar-refractivity contribution in [3.8, 4) is 5.95 Å². The Morgan fingerprint density at radius 2 is 1.42 bits per heavy atom. The first kappa shape index (κ1) is 46.1. The molecule has 1 radical (unpaired) electrons. The molecule has 1 aromatic carbocycles. The molecule has 2 unspecified atom stereocenters. The molecule has 0 bridgehead atoms. The average molecular weight is 748 g/mol. The number of esters is 2. The molecule has 1 aromatic heterocycles. The molecule has 245 valence electrons. The zero-order valence-electron chi connectivity index (χ0n) is 23.8. The van der Waals surface area contributed by atoms with E-state index >= 15 is 0 Å². The van der Waals surface area contributed by atoms with Gasteiger partial charge in [-0.25, -0.2) is 9.59 Å². The predicted molar refractivity (Wildman–Crippen MR) is 158 cm³/mol. The van der Waals surface area contributed by atoms with Crippen LogP contribution in [-0.4, -0.2) is 63.3 Å². The monoisotopic (exact) mass is 748 g/mol. The van der Waals surface area contributed by atoms with Crippen LogP contribution in [0.15, 0.2) is 37.9 Å². The van der Waals surface area contributed by atoms with E-state index in [0.29, 0.717) is 24.0 Å². The number of fused-ring (bicyclic) bond motifs is 1. The Hall–Kier alpha value is -1.36. The molecule has 2 aliphatic heterocycles.